The van der Waals surface area contributed by atoms with Crippen molar-refractivity contribution >= 4 is 41.3 Å². The predicted molar refractivity (Wildman–Crippen MR) is 120 cm³/mol. The summed E-state index contributed by atoms with van der Waals surface area (Å²) in [6, 6.07) is 1.92. The summed E-state index contributed by atoms with van der Waals surface area (Å²) < 4.78 is 4.91. The van der Waals surface area contributed by atoms with Gasteiger partial charge in [0.15, 0.2) is 5.96 Å². The van der Waals surface area contributed by atoms with E-state index in [4.69, 9.17) is 9.51 Å². The van der Waals surface area contributed by atoms with Crippen molar-refractivity contribution < 1.29 is 4.52 Å². The van der Waals surface area contributed by atoms with Crippen LogP contribution in [0, 0.1) is 0 Å². The topological polar surface area (TPSA) is 69.8 Å². The van der Waals surface area contributed by atoms with Crippen LogP contribution in [0.3, 0.4) is 0 Å². The van der Waals surface area contributed by atoms with Crippen LogP contribution in [-0.4, -0.2) is 59.1 Å². The Hall–Kier alpha value is -1.20. The second-order valence-electron chi connectivity index (χ2n) is 7.55. The van der Waals surface area contributed by atoms with Gasteiger partial charge < -0.3 is 14.7 Å². The number of nitrogens with one attached hydrogen (secondary N) is 1. The summed E-state index contributed by atoms with van der Waals surface area (Å²) in [7, 11) is 1.84. The van der Waals surface area contributed by atoms with Crippen LogP contribution < -0.4 is 5.32 Å². The fourth-order valence-corrected chi connectivity index (χ4v) is 3.81. The third-order valence-corrected chi connectivity index (χ3v) is 5.70. The van der Waals surface area contributed by atoms with Gasteiger partial charge in [0.1, 0.15) is 6.26 Å². The minimum Gasteiger partial charge on any atom is -0.364 e. The monoisotopic (exact) mass is 504 g/mol. The van der Waals surface area contributed by atoms with Crippen molar-refractivity contribution in [3.63, 3.8) is 0 Å². The Morgan fingerprint density at radius 1 is 1.26 bits per heavy atom. The maximum absolute atomic E-state index is 4.91. The molecule has 0 amide bonds. The Labute approximate surface area is 182 Å². The number of piperazine rings is 1. The van der Waals surface area contributed by atoms with Crippen LogP contribution in [0.25, 0.3) is 0 Å². The van der Waals surface area contributed by atoms with Gasteiger partial charge in [-0.3, -0.25) is 9.89 Å². The first kappa shape index (κ1) is 22.1. The predicted octanol–water partition coefficient (Wildman–Crippen LogP) is 2.94. The van der Waals surface area contributed by atoms with Gasteiger partial charge in [0.05, 0.1) is 22.9 Å². The minimum atomic E-state index is 0. The summed E-state index contributed by atoms with van der Waals surface area (Å²) in [6.07, 6.45) is 1.63. The van der Waals surface area contributed by atoms with Crippen LogP contribution in [0.15, 0.2) is 27.2 Å². The van der Waals surface area contributed by atoms with E-state index in [1.807, 2.05) is 13.1 Å². The molecule has 150 valence electrons. The number of rotatable bonds is 4. The van der Waals surface area contributed by atoms with Gasteiger partial charge in [-0.1, -0.05) is 25.9 Å². The number of hydrogen-bond donors (Lipinski definition) is 1. The van der Waals surface area contributed by atoms with Crippen LogP contribution in [0.5, 0.6) is 0 Å². The van der Waals surface area contributed by atoms with E-state index in [0.717, 1.165) is 50.1 Å². The van der Waals surface area contributed by atoms with Crippen molar-refractivity contribution in [2.45, 2.75) is 39.3 Å². The summed E-state index contributed by atoms with van der Waals surface area (Å²) >= 11 is 1.73. The highest BCUT2D eigenvalue weighted by Gasteiger charge is 2.21. The highest BCUT2D eigenvalue weighted by molar-refractivity contribution is 14.0. The molecule has 0 bridgehead atoms. The number of aliphatic imine (C=N–C) groups is 1. The fraction of sp³-hybridized carbons (Fsp3) is 0.611. The molecule has 3 rings (SSSR count). The van der Waals surface area contributed by atoms with Gasteiger partial charge >= 0.3 is 0 Å². The second-order valence-corrected chi connectivity index (χ2v) is 8.41. The van der Waals surface area contributed by atoms with Crippen LogP contribution in [0.2, 0.25) is 0 Å². The average Bonchev–Trinajstić information content (AvgIpc) is 3.28. The molecule has 2 aromatic heterocycles. The first-order valence-electron chi connectivity index (χ1n) is 8.98. The second kappa shape index (κ2) is 9.83. The Bertz CT molecular complexity index is 717. The zero-order valence-electron chi connectivity index (χ0n) is 16.4. The van der Waals surface area contributed by atoms with Gasteiger partial charge in [-0.25, -0.2) is 4.98 Å². The van der Waals surface area contributed by atoms with E-state index in [9.17, 15) is 0 Å². The summed E-state index contributed by atoms with van der Waals surface area (Å²) in [5.41, 5.74) is 2.16. The van der Waals surface area contributed by atoms with E-state index in [1.165, 1.54) is 5.01 Å². The van der Waals surface area contributed by atoms with Crippen molar-refractivity contribution in [1.82, 2.24) is 25.3 Å². The molecule has 0 atom stereocenters. The third-order valence-electron chi connectivity index (χ3n) is 4.38. The molecule has 1 aliphatic heterocycles. The highest BCUT2D eigenvalue weighted by Crippen LogP contribution is 2.25. The van der Waals surface area contributed by atoms with Crippen LogP contribution in [-0.2, 0) is 18.5 Å². The van der Waals surface area contributed by atoms with E-state index >= 15 is 0 Å². The fourth-order valence-electron chi connectivity index (χ4n) is 2.90. The molecule has 7 nitrogen and oxygen atoms in total. The Morgan fingerprint density at radius 3 is 2.56 bits per heavy atom. The van der Waals surface area contributed by atoms with Gasteiger partial charge in [-0.05, 0) is 0 Å². The summed E-state index contributed by atoms with van der Waals surface area (Å²) in [5.74, 6) is 0.941. The molecular formula is C18H29IN6OS. The summed E-state index contributed by atoms with van der Waals surface area (Å²) in [6.45, 7) is 12.0. The molecular weight excluding hydrogens is 475 g/mol. The van der Waals surface area contributed by atoms with Gasteiger partial charge in [0.2, 0.25) is 0 Å². The smallest absolute Gasteiger partial charge is 0.194 e. The zero-order chi connectivity index (χ0) is 18.6. The number of hydrogen-bond acceptors (Lipinski definition) is 6. The maximum atomic E-state index is 4.91. The number of guanidine groups is 1. The Balaban J connectivity index is 0.00000261. The molecule has 9 heteroatoms. The molecule has 0 spiro atoms. The van der Waals surface area contributed by atoms with Crippen molar-refractivity contribution in [2.75, 3.05) is 33.2 Å². The molecule has 0 aliphatic carbocycles. The average molecular weight is 504 g/mol. The molecule has 0 aromatic carbocycles. The van der Waals surface area contributed by atoms with Crippen LogP contribution in [0.1, 0.15) is 37.2 Å². The molecule has 1 saturated heterocycles. The van der Waals surface area contributed by atoms with Crippen molar-refractivity contribution in [3.05, 3.63) is 34.1 Å². The lowest BCUT2D eigenvalue weighted by molar-refractivity contribution is 0.169. The van der Waals surface area contributed by atoms with E-state index in [2.05, 4.69) is 51.4 Å². The molecule has 1 N–H and O–H groups in total. The first-order valence-corrected chi connectivity index (χ1v) is 9.86. The van der Waals surface area contributed by atoms with E-state index < -0.39 is 0 Å². The normalized spacial score (nSPS) is 16.3. The lowest BCUT2D eigenvalue weighted by atomic mass is 9.98. The van der Waals surface area contributed by atoms with Crippen molar-refractivity contribution in [3.8, 4) is 0 Å². The molecule has 3 heterocycles. The summed E-state index contributed by atoms with van der Waals surface area (Å²) in [5, 5.41) is 10.8. The molecule has 2 aromatic rings. The first-order chi connectivity index (χ1) is 12.5. The van der Waals surface area contributed by atoms with Crippen LogP contribution in [0.4, 0.5) is 0 Å². The number of nitrogens with zero attached hydrogens (tertiary/aromatic N) is 5. The third kappa shape index (κ3) is 6.15. The highest BCUT2D eigenvalue weighted by atomic mass is 127. The minimum absolute atomic E-state index is 0. The lowest BCUT2D eigenvalue weighted by Gasteiger charge is -2.36. The molecule has 1 aliphatic rings. The number of aromatic nitrogens is 2. The Kier molecular flexibility index (Phi) is 8.04. The van der Waals surface area contributed by atoms with Crippen molar-refractivity contribution in [1.29, 1.82) is 0 Å². The maximum Gasteiger partial charge on any atom is 0.194 e. The Morgan fingerprint density at radius 2 is 2.00 bits per heavy atom. The molecule has 0 radical (unpaired) electrons. The molecule has 1 fully saturated rings. The van der Waals surface area contributed by atoms with Gasteiger partial charge in [-0.15, -0.1) is 35.3 Å². The van der Waals surface area contributed by atoms with E-state index in [-0.39, 0.29) is 29.4 Å². The molecule has 27 heavy (non-hydrogen) atoms. The molecule has 0 saturated carbocycles. The van der Waals surface area contributed by atoms with E-state index in [0.29, 0.717) is 6.54 Å². The SMILES string of the molecule is CN=C(NCc1csc(C(C)(C)C)n1)N1CCN(Cc2ccon2)CC1.I. The largest absolute Gasteiger partial charge is 0.364 e. The van der Waals surface area contributed by atoms with Gasteiger partial charge in [0.25, 0.3) is 0 Å². The number of halogens is 1. The lowest BCUT2D eigenvalue weighted by Crippen LogP contribution is -2.52. The van der Waals surface area contributed by atoms with Gasteiger partial charge in [0, 0.05) is 56.6 Å². The zero-order valence-corrected chi connectivity index (χ0v) is 19.6. The molecule has 0 unspecified atom stereocenters. The van der Waals surface area contributed by atoms with E-state index in [1.54, 1.807) is 17.6 Å². The standard InChI is InChI=1S/C18H28N6OS.HI/c1-18(2,3)16-21-15(13-26-16)11-20-17(19-4)24-8-6-23(7-9-24)12-14-5-10-25-22-14;/h5,10,13H,6-9,11-12H2,1-4H3,(H,19,20);1H. The van der Waals surface area contributed by atoms with Crippen molar-refractivity contribution in [2.24, 2.45) is 4.99 Å². The van der Waals surface area contributed by atoms with Gasteiger partial charge in [-0.2, -0.15) is 0 Å². The number of thiazole rings is 1. The quantitative estimate of drug-likeness (QED) is 0.393. The van der Waals surface area contributed by atoms with Crippen LogP contribution >= 0.6 is 35.3 Å². The summed E-state index contributed by atoms with van der Waals surface area (Å²) in [4.78, 5) is 13.9.